The Morgan fingerprint density at radius 2 is 2.14 bits per heavy atom. The Labute approximate surface area is 94.2 Å². The van der Waals surface area contributed by atoms with Crippen molar-refractivity contribution in [1.82, 2.24) is 0 Å². The van der Waals surface area contributed by atoms with Crippen LogP contribution in [-0.4, -0.2) is 0 Å². The fraction of sp³-hybridized carbons (Fsp3) is 0.308. The summed E-state index contributed by atoms with van der Waals surface area (Å²) in [4.78, 5) is 0. The minimum Gasteiger partial charge on any atom is -0.102 e. The number of allylic oxidation sites excluding steroid dienone is 1. The molecule has 1 aliphatic rings. The van der Waals surface area contributed by atoms with E-state index in [-0.39, 0.29) is 5.92 Å². The van der Waals surface area contributed by atoms with E-state index in [1.54, 1.807) is 0 Å². The van der Waals surface area contributed by atoms with Crippen LogP contribution in [-0.2, 0) is 0 Å². The lowest BCUT2D eigenvalue weighted by Crippen LogP contribution is -1.94. The Morgan fingerprint density at radius 1 is 1.43 bits per heavy atom. The van der Waals surface area contributed by atoms with E-state index in [2.05, 4.69) is 47.6 Å². The van der Waals surface area contributed by atoms with Crippen LogP contribution in [0.5, 0.6) is 0 Å². The predicted molar refractivity (Wildman–Crippen MR) is 64.4 cm³/mol. The number of hydrogen-bond donors (Lipinski definition) is 0. The molecule has 1 heteroatoms. The minimum atomic E-state index is 0.183. The van der Waals surface area contributed by atoms with Crippen LogP contribution in [0.3, 0.4) is 0 Å². The zero-order valence-corrected chi connectivity index (χ0v) is 9.76. The van der Waals surface area contributed by atoms with E-state index in [1.807, 2.05) is 6.08 Å². The fourth-order valence-corrected chi connectivity index (χ4v) is 2.57. The lowest BCUT2D eigenvalue weighted by atomic mass is 9.98. The maximum Gasteiger partial charge on any atom is 0.0248 e. The van der Waals surface area contributed by atoms with Gasteiger partial charge in [0.2, 0.25) is 0 Å². The number of hydrogen-bond acceptors (Lipinski definition) is 0. The second-order valence-corrected chi connectivity index (χ2v) is 4.66. The molecule has 1 unspecified atom stereocenters. The van der Waals surface area contributed by atoms with Crippen LogP contribution < -0.4 is 0 Å². The van der Waals surface area contributed by atoms with Crippen molar-refractivity contribution in [1.29, 1.82) is 0 Å². The van der Waals surface area contributed by atoms with Gasteiger partial charge in [0.15, 0.2) is 0 Å². The summed E-state index contributed by atoms with van der Waals surface area (Å²) >= 11 is 3.68. The van der Waals surface area contributed by atoms with Crippen LogP contribution in [0.2, 0.25) is 0 Å². The van der Waals surface area contributed by atoms with Crippen molar-refractivity contribution in [3.8, 4) is 0 Å². The quantitative estimate of drug-likeness (QED) is 0.696. The summed E-state index contributed by atoms with van der Waals surface area (Å²) < 4.78 is 1.24. The summed E-state index contributed by atoms with van der Waals surface area (Å²) in [7, 11) is 0. The molecule has 1 radical (unpaired) electrons. The van der Waals surface area contributed by atoms with Crippen molar-refractivity contribution in [2.24, 2.45) is 0 Å². The Kier molecular flexibility index (Phi) is 2.78. The molecule has 0 saturated heterocycles. The average Bonchev–Trinajstić information content (AvgIpc) is 3.01. The molecule has 14 heavy (non-hydrogen) atoms. The van der Waals surface area contributed by atoms with Gasteiger partial charge in [0.05, 0.1) is 0 Å². The van der Waals surface area contributed by atoms with Gasteiger partial charge < -0.3 is 0 Å². The Balaban J connectivity index is 2.40. The summed E-state index contributed by atoms with van der Waals surface area (Å²) in [5.74, 6) is 0.962. The van der Waals surface area contributed by atoms with Gasteiger partial charge >= 0.3 is 0 Å². The average molecular weight is 250 g/mol. The highest BCUT2D eigenvalue weighted by atomic mass is 79.9. The van der Waals surface area contributed by atoms with E-state index in [1.165, 1.54) is 28.4 Å². The van der Waals surface area contributed by atoms with Crippen LogP contribution in [0.15, 0.2) is 35.3 Å². The topological polar surface area (TPSA) is 0 Å². The van der Waals surface area contributed by atoms with Gasteiger partial charge in [-0.2, -0.15) is 0 Å². The molecule has 1 atom stereocenters. The van der Waals surface area contributed by atoms with Crippen molar-refractivity contribution < 1.29 is 0 Å². The normalized spacial score (nSPS) is 17.9. The molecule has 0 bridgehead atoms. The van der Waals surface area contributed by atoms with Crippen LogP contribution in [0, 0.1) is 6.92 Å². The number of halogens is 1. The summed E-state index contributed by atoms with van der Waals surface area (Å²) in [5.41, 5.74) is 2.70. The Hall–Kier alpha value is -0.560. The monoisotopic (exact) mass is 249 g/mol. The maximum absolute atomic E-state index is 4.06. The van der Waals surface area contributed by atoms with Crippen molar-refractivity contribution in [2.45, 2.75) is 24.7 Å². The SMILES string of the molecule is [CH2]C(C=C)c1cccc(C2CC2)c1Br. The standard InChI is InChI=1S/C13H14Br/c1-3-9(2)11-5-4-6-12(13(11)14)10-7-8-10/h3-6,9-10H,1-2,7-8H2. The molecule has 73 valence electrons. The third-order valence-corrected chi connectivity index (χ3v) is 3.68. The molecule has 0 aliphatic heterocycles. The molecule has 0 nitrogen and oxygen atoms in total. The molecule has 0 spiro atoms. The lowest BCUT2D eigenvalue weighted by molar-refractivity contribution is 1.03. The zero-order valence-electron chi connectivity index (χ0n) is 8.17. The largest absolute Gasteiger partial charge is 0.102 e. The molecule has 1 aliphatic carbocycles. The van der Waals surface area contributed by atoms with Crippen LogP contribution in [0.25, 0.3) is 0 Å². The molecular weight excluding hydrogens is 236 g/mol. The van der Waals surface area contributed by atoms with Gasteiger partial charge in [-0.25, -0.2) is 0 Å². The van der Waals surface area contributed by atoms with E-state index >= 15 is 0 Å². The highest BCUT2D eigenvalue weighted by Gasteiger charge is 2.26. The van der Waals surface area contributed by atoms with Crippen molar-refractivity contribution in [2.75, 3.05) is 0 Å². The summed E-state index contributed by atoms with van der Waals surface area (Å²) in [6, 6.07) is 6.45. The van der Waals surface area contributed by atoms with Gasteiger partial charge in [0, 0.05) is 10.4 Å². The maximum atomic E-state index is 4.06. The van der Waals surface area contributed by atoms with Crippen LogP contribution >= 0.6 is 15.9 Å². The highest BCUT2D eigenvalue weighted by Crippen LogP contribution is 2.45. The molecule has 1 fully saturated rings. The van der Waals surface area contributed by atoms with Gasteiger partial charge in [-0.1, -0.05) is 40.2 Å². The molecule has 0 amide bonds. The molecule has 1 saturated carbocycles. The molecule has 0 aromatic heterocycles. The molecule has 1 aromatic rings. The second-order valence-electron chi connectivity index (χ2n) is 3.87. The number of rotatable bonds is 3. The van der Waals surface area contributed by atoms with E-state index in [9.17, 15) is 0 Å². The van der Waals surface area contributed by atoms with Gasteiger partial charge in [0.25, 0.3) is 0 Å². The summed E-state index contributed by atoms with van der Waals surface area (Å²) in [6.45, 7) is 7.85. The summed E-state index contributed by atoms with van der Waals surface area (Å²) in [6.07, 6.45) is 4.55. The molecule has 1 aromatic carbocycles. The third kappa shape index (κ3) is 1.78. The first-order chi connectivity index (χ1) is 6.74. The predicted octanol–water partition coefficient (Wildman–Crippen LogP) is 4.43. The third-order valence-electron chi connectivity index (χ3n) is 2.76. The second kappa shape index (κ2) is 3.90. The van der Waals surface area contributed by atoms with E-state index in [4.69, 9.17) is 0 Å². The van der Waals surface area contributed by atoms with Gasteiger partial charge in [0.1, 0.15) is 0 Å². The van der Waals surface area contributed by atoms with Gasteiger partial charge in [-0.3, -0.25) is 0 Å². The molecule has 0 N–H and O–H groups in total. The Bertz CT molecular complexity index is 350. The highest BCUT2D eigenvalue weighted by molar-refractivity contribution is 9.10. The van der Waals surface area contributed by atoms with Crippen LogP contribution in [0.4, 0.5) is 0 Å². The van der Waals surface area contributed by atoms with Crippen molar-refractivity contribution in [3.63, 3.8) is 0 Å². The smallest absolute Gasteiger partial charge is 0.0248 e. The molecular formula is C13H14Br. The number of benzene rings is 1. The Morgan fingerprint density at radius 3 is 2.71 bits per heavy atom. The van der Waals surface area contributed by atoms with Gasteiger partial charge in [-0.15, -0.1) is 6.58 Å². The van der Waals surface area contributed by atoms with Crippen LogP contribution in [0.1, 0.15) is 35.8 Å². The minimum absolute atomic E-state index is 0.183. The fourth-order valence-electron chi connectivity index (χ4n) is 1.69. The van der Waals surface area contributed by atoms with E-state index in [0.29, 0.717) is 0 Å². The molecule has 2 rings (SSSR count). The zero-order chi connectivity index (χ0) is 10.1. The van der Waals surface area contributed by atoms with Gasteiger partial charge in [-0.05, 0) is 36.8 Å². The first kappa shape index (κ1) is 9.97. The lowest BCUT2D eigenvalue weighted by Gasteiger charge is -2.12. The first-order valence-electron chi connectivity index (χ1n) is 4.98. The first-order valence-corrected chi connectivity index (χ1v) is 5.77. The van der Waals surface area contributed by atoms with Crippen molar-refractivity contribution >= 4 is 15.9 Å². The molecule has 0 heterocycles. The van der Waals surface area contributed by atoms with E-state index in [0.717, 1.165) is 5.92 Å². The van der Waals surface area contributed by atoms with E-state index < -0.39 is 0 Å². The summed E-state index contributed by atoms with van der Waals surface area (Å²) in [5, 5.41) is 0. The van der Waals surface area contributed by atoms with Crippen molar-refractivity contribution in [3.05, 3.63) is 53.4 Å².